The van der Waals surface area contributed by atoms with Gasteiger partial charge in [0, 0.05) is 25.2 Å². The smallest absolute Gasteiger partial charge is 0.295 e. The summed E-state index contributed by atoms with van der Waals surface area (Å²) in [7, 11) is 0. The molecule has 0 aromatic heterocycles. The van der Waals surface area contributed by atoms with Gasteiger partial charge in [0.25, 0.3) is 5.69 Å². The number of nitrogens with two attached hydrogens (primary N) is 1. The highest BCUT2D eigenvalue weighted by atomic mass is 19.2. The lowest BCUT2D eigenvalue weighted by Crippen LogP contribution is -2.32. The van der Waals surface area contributed by atoms with Gasteiger partial charge in [-0.05, 0) is 37.2 Å². The van der Waals surface area contributed by atoms with Gasteiger partial charge in [0.15, 0.2) is 17.3 Å². The maximum atomic E-state index is 14.1. The van der Waals surface area contributed by atoms with Crippen molar-refractivity contribution in [2.24, 2.45) is 17.6 Å². The molecule has 1 unspecified atom stereocenters. The second-order valence-corrected chi connectivity index (χ2v) is 5.98. The van der Waals surface area contributed by atoms with E-state index in [9.17, 15) is 18.9 Å². The summed E-state index contributed by atoms with van der Waals surface area (Å²) in [6.45, 7) is 1.03. The Bertz CT molecular complexity index is 582. The molecule has 1 saturated carbocycles. The lowest BCUT2D eigenvalue weighted by atomic mass is 9.79. The van der Waals surface area contributed by atoms with E-state index in [1.807, 2.05) is 0 Å². The molecule has 21 heavy (non-hydrogen) atoms. The number of nitro benzene ring substituents is 1. The summed E-state index contributed by atoms with van der Waals surface area (Å²) in [5, 5.41) is 11.1. The minimum absolute atomic E-state index is 0.138. The highest BCUT2D eigenvalue weighted by molar-refractivity contribution is 5.65. The minimum atomic E-state index is -1.13. The number of anilines is 1. The number of hydrogen-bond donors (Lipinski definition) is 1. The number of nitrogens with zero attached hydrogens (tertiary/aromatic N) is 2. The van der Waals surface area contributed by atoms with Crippen LogP contribution in [0, 0.1) is 33.6 Å². The zero-order valence-corrected chi connectivity index (χ0v) is 11.5. The number of benzene rings is 1. The van der Waals surface area contributed by atoms with E-state index in [0.29, 0.717) is 24.9 Å². The predicted octanol–water partition coefficient (Wildman–Crippen LogP) is 2.44. The van der Waals surface area contributed by atoms with Crippen LogP contribution >= 0.6 is 0 Å². The van der Waals surface area contributed by atoms with E-state index in [4.69, 9.17) is 5.73 Å². The molecular weight excluding hydrogens is 280 g/mol. The van der Waals surface area contributed by atoms with Gasteiger partial charge in [-0.1, -0.05) is 0 Å². The lowest BCUT2D eigenvalue weighted by Gasteiger charge is -2.27. The largest absolute Gasteiger partial charge is 0.363 e. The van der Waals surface area contributed by atoms with Crippen molar-refractivity contribution in [3.8, 4) is 0 Å². The molecule has 1 heterocycles. The number of nitro groups is 1. The fourth-order valence-corrected chi connectivity index (χ4v) is 3.63. The molecule has 2 aliphatic rings. The zero-order chi connectivity index (χ0) is 15.1. The molecule has 1 aromatic rings. The van der Waals surface area contributed by atoms with Gasteiger partial charge < -0.3 is 10.6 Å². The Morgan fingerprint density at radius 3 is 2.67 bits per heavy atom. The monoisotopic (exact) mass is 297 g/mol. The lowest BCUT2D eigenvalue weighted by molar-refractivity contribution is -0.384. The second-order valence-electron chi connectivity index (χ2n) is 5.98. The van der Waals surface area contributed by atoms with Gasteiger partial charge in [-0.3, -0.25) is 10.1 Å². The van der Waals surface area contributed by atoms with Crippen molar-refractivity contribution in [3.05, 3.63) is 33.9 Å². The fraction of sp³-hybridized carbons (Fsp3) is 0.571. The summed E-state index contributed by atoms with van der Waals surface area (Å²) < 4.78 is 27.5. The molecule has 0 amide bonds. The Morgan fingerprint density at radius 2 is 1.95 bits per heavy atom. The molecule has 0 spiro atoms. The van der Waals surface area contributed by atoms with Crippen molar-refractivity contribution in [3.63, 3.8) is 0 Å². The molecule has 2 fully saturated rings. The first kappa shape index (κ1) is 14.2. The average Bonchev–Trinajstić information content (AvgIpc) is 2.83. The summed E-state index contributed by atoms with van der Waals surface area (Å²) in [4.78, 5) is 12.0. The Kier molecular flexibility index (Phi) is 3.52. The number of rotatable bonds is 2. The molecule has 1 aliphatic carbocycles. The molecule has 1 saturated heterocycles. The van der Waals surface area contributed by atoms with Crippen LogP contribution in [-0.2, 0) is 0 Å². The summed E-state index contributed by atoms with van der Waals surface area (Å²) in [6, 6.07) is 1.97. The van der Waals surface area contributed by atoms with Crippen LogP contribution in [0.25, 0.3) is 0 Å². The van der Waals surface area contributed by atoms with Crippen LogP contribution < -0.4 is 10.6 Å². The molecule has 5 nitrogen and oxygen atoms in total. The van der Waals surface area contributed by atoms with Crippen LogP contribution in [0.2, 0.25) is 0 Å². The molecule has 114 valence electrons. The van der Waals surface area contributed by atoms with E-state index in [-0.39, 0.29) is 17.4 Å². The van der Waals surface area contributed by atoms with E-state index in [2.05, 4.69) is 0 Å². The third-order valence-corrected chi connectivity index (χ3v) is 4.65. The standard InChI is InChI=1S/C14H17F2N3O2/c15-11-3-4-12(19(20)21)14(13(11)16)18-6-8-1-2-10(17)5-9(8)7-18/h3-4,8-10H,1-2,5-7,17H2/t8-,9+,10?/m1/s1. The summed E-state index contributed by atoms with van der Waals surface area (Å²) in [5.74, 6) is -1.53. The predicted molar refractivity (Wildman–Crippen MR) is 74.0 cm³/mol. The SMILES string of the molecule is NC1CC[C@@H]2CN(c3c([N+](=O)[O-])ccc(F)c3F)C[C@@H]2C1. The fourth-order valence-electron chi connectivity index (χ4n) is 3.63. The van der Waals surface area contributed by atoms with Crippen LogP contribution in [0.4, 0.5) is 20.2 Å². The van der Waals surface area contributed by atoms with Crippen molar-refractivity contribution >= 4 is 11.4 Å². The van der Waals surface area contributed by atoms with Gasteiger partial charge in [0.1, 0.15) is 0 Å². The van der Waals surface area contributed by atoms with Gasteiger partial charge in [0.2, 0.25) is 0 Å². The van der Waals surface area contributed by atoms with Crippen LogP contribution in [0.5, 0.6) is 0 Å². The summed E-state index contributed by atoms with van der Waals surface area (Å²) in [5.41, 5.74) is 5.35. The van der Waals surface area contributed by atoms with Crippen LogP contribution in [0.3, 0.4) is 0 Å². The molecule has 0 radical (unpaired) electrons. The van der Waals surface area contributed by atoms with Crippen molar-refractivity contribution in [1.82, 2.24) is 0 Å². The third-order valence-electron chi connectivity index (χ3n) is 4.65. The Hall–Kier alpha value is -1.76. The highest BCUT2D eigenvalue weighted by Gasteiger charge is 2.40. The molecule has 1 aromatic carbocycles. The molecule has 2 N–H and O–H groups in total. The molecule has 3 rings (SSSR count). The highest BCUT2D eigenvalue weighted by Crippen LogP contribution is 2.41. The van der Waals surface area contributed by atoms with Crippen LogP contribution in [0.15, 0.2) is 12.1 Å². The normalized spacial score (nSPS) is 28.5. The average molecular weight is 297 g/mol. The van der Waals surface area contributed by atoms with E-state index < -0.39 is 16.6 Å². The Balaban J connectivity index is 1.94. The number of fused-ring (bicyclic) bond motifs is 1. The third kappa shape index (κ3) is 2.46. The van der Waals surface area contributed by atoms with E-state index in [1.54, 1.807) is 4.90 Å². The van der Waals surface area contributed by atoms with Crippen molar-refractivity contribution in [2.75, 3.05) is 18.0 Å². The van der Waals surface area contributed by atoms with Gasteiger partial charge >= 0.3 is 0 Å². The van der Waals surface area contributed by atoms with Crippen LogP contribution in [-0.4, -0.2) is 24.1 Å². The van der Waals surface area contributed by atoms with E-state index in [0.717, 1.165) is 31.4 Å². The van der Waals surface area contributed by atoms with Crippen molar-refractivity contribution in [1.29, 1.82) is 0 Å². The molecule has 7 heteroatoms. The van der Waals surface area contributed by atoms with E-state index >= 15 is 0 Å². The molecule has 0 bridgehead atoms. The molecule has 3 atom stereocenters. The van der Waals surface area contributed by atoms with Crippen LogP contribution in [0.1, 0.15) is 19.3 Å². The number of halogens is 2. The molecule has 1 aliphatic heterocycles. The quantitative estimate of drug-likeness (QED) is 0.672. The van der Waals surface area contributed by atoms with E-state index in [1.165, 1.54) is 0 Å². The first-order chi connectivity index (χ1) is 9.97. The maximum Gasteiger partial charge on any atom is 0.295 e. The zero-order valence-electron chi connectivity index (χ0n) is 11.5. The van der Waals surface area contributed by atoms with Gasteiger partial charge in [-0.25, -0.2) is 8.78 Å². The topological polar surface area (TPSA) is 72.4 Å². The summed E-state index contributed by atoms with van der Waals surface area (Å²) >= 11 is 0. The minimum Gasteiger partial charge on any atom is -0.363 e. The first-order valence-electron chi connectivity index (χ1n) is 7.10. The first-order valence-corrected chi connectivity index (χ1v) is 7.10. The van der Waals surface area contributed by atoms with Gasteiger partial charge in [-0.2, -0.15) is 0 Å². The van der Waals surface area contributed by atoms with Gasteiger partial charge in [0.05, 0.1) is 4.92 Å². The number of hydrogen-bond acceptors (Lipinski definition) is 4. The van der Waals surface area contributed by atoms with Crippen molar-refractivity contribution < 1.29 is 13.7 Å². The Labute approximate surface area is 120 Å². The van der Waals surface area contributed by atoms with Gasteiger partial charge in [-0.15, -0.1) is 0 Å². The Morgan fingerprint density at radius 1 is 1.24 bits per heavy atom. The van der Waals surface area contributed by atoms with Crippen molar-refractivity contribution in [2.45, 2.75) is 25.3 Å². The maximum absolute atomic E-state index is 14.1. The summed E-state index contributed by atoms with van der Waals surface area (Å²) in [6.07, 6.45) is 2.70. The second kappa shape index (κ2) is 5.22. The molecular formula is C14H17F2N3O2.